The average Bonchev–Trinajstić information content (AvgIpc) is 2.91. The lowest BCUT2D eigenvalue weighted by Crippen LogP contribution is -2.11. The number of amides is 1. The highest BCUT2D eigenvalue weighted by Crippen LogP contribution is 2.20. The number of hydrogen-bond acceptors (Lipinski definition) is 4. The van der Waals surface area contributed by atoms with Gasteiger partial charge in [0.25, 0.3) is 0 Å². The third-order valence-electron chi connectivity index (χ3n) is 4.41. The van der Waals surface area contributed by atoms with Crippen molar-refractivity contribution in [3.05, 3.63) is 64.0 Å². The van der Waals surface area contributed by atoms with Gasteiger partial charge in [-0.05, 0) is 55.2 Å². The van der Waals surface area contributed by atoms with Gasteiger partial charge >= 0.3 is 5.97 Å². The van der Waals surface area contributed by atoms with Crippen molar-refractivity contribution >= 4 is 18.0 Å². The number of rotatable bonds is 7. The SMILES string of the molecule is Cc1cc(C=C(C#N)C(=O)OCc2ccc(C(N)=O)cc2)c(C)n1CC(C)C. The summed E-state index contributed by atoms with van der Waals surface area (Å²) in [6.45, 7) is 9.14. The Kier molecular flexibility index (Phi) is 6.78. The summed E-state index contributed by atoms with van der Waals surface area (Å²) in [4.78, 5) is 23.4. The highest BCUT2D eigenvalue weighted by Gasteiger charge is 2.15. The summed E-state index contributed by atoms with van der Waals surface area (Å²) in [5, 5.41) is 9.39. The highest BCUT2D eigenvalue weighted by atomic mass is 16.5. The number of hydrogen-bond donors (Lipinski definition) is 1. The van der Waals surface area contributed by atoms with Crippen molar-refractivity contribution in [3.63, 3.8) is 0 Å². The van der Waals surface area contributed by atoms with Crippen LogP contribution in [0.5, 0.6) is 0 Å². The van der Waals surface area contributed by atoms with Gasteiger partial charge in [-0.1, -0.05) is 26.0 Å². The molecule has 0 spiro atoms. The normalized spacial score (nSPS) is 11.4. The van der Waals surface area contributed by atoms with E-state index in [0.29, 0.717) is 17.0 Å². The van der Waals surface area contributed by atoms with Gasteiger partial charge in [0.15, 0.2) is 0 Å². The standard InChI is InChI=1S/C22H25N3O3/c1-14(2)12-25-15(3)9-19(16(25)4)10-20(11-23)22(27)28-13-17-5-7-18(8-6-17)21(24)26/h5-10,14H,12-13H2,1-4H3,(H2,24,26). The molecule has 28 heavy (non-hydrogen) atoms. The molecule has 0 unspecified atom stereocenters. The topological polar surface area (TPSA) is 98.1 Å². The van der Waals surface area contributed by atoms with Crippen LogP contribution in [0.3, 0.4) is 0 Å². The number of carbonyl (C=O) groups excluding carboxylic acids is 2. The first-order valence-corrected chi connectivity index (χ1v) is 9.07. The Balaban J connectivity index is 2.13. The second-order valence-electron chi connectivity index (χ2n) is 7.14. The van der Waals surface area contributed by atoms with E-state index in [2.05, 4.69) is 18.4 Å². The summed E-state index contributed by atoms with van der Waals surface area (Å²) < 4.78 is 7.42. The van der Waals surface area contributed by atoms with Crippen LogP contribution in [-0.4, -0.2) is 16.4 Å². The number of aryl methyl sites for hydroxylation is 1. The molecule has 2 aromatic rings. The Hall–Kier alpha value is -3.33. The minimum atomic E-state index is -0.685. The van der Waals surface area contributed by atoms with Crippen LogP contribution in [0.15, 0.2) is 35.9 Å². The van der Waals surface area contributed by atoms with E-state index in [1.807, 2.05) is 26.0 Å². The molecular weight excluding hydrogens is 354 g/mol. The number of nitrogens with zero attached hydrogens (tertiary/aromatic N) is 2. The zero-order valence-corrected chi connectivity index (χ0v) is 16.7. The van der Waals surface area contributed by atoms with E-state index in [-0.39, 0.29) is 12.2 Å². The summed E-state index contributed by atoms with van der Waals surface area (Å²) in [6, 6.07) is 10.3. The molecule has 0 atom stereocenters. The molecule has 0 aliphatic carbocycles. The van der Waals surface area contributed by atoms with Gasteiger partial charge in [-0.2, -0.15) is 5.26 Å². The predicted molar refractivity (Wildman–Crippen MR) is 107 cm³/mol. The van der Waals surface area contributed by atoms with Gasteiger partial charge in [0.2, 0.25) is 5.91 Å². The molecule has 2 rings (SSSR count). The number of primary amides is 1. The van der Waals surface area contributed by atoms with Crippen LogP contribution < -0.4 is 5.73 Å². The summed E-state index contributed by atoms with van der Waals surface area (Å²) in [6.07, 6.45) is 1.57. The van der Waals surface area contributed by atoms with E-state index in [1.54, 1.807) is 30.3 Å². The van der Waals surface area contributed by atoms with Crippen LogP contribution in [0.2, 0.25) is 0 Å². The van der Waals surface area contributed by atoms with Crippen molar-refractivity contribution in [2.75, 3.05) is 0 Å². The van der Waals surface area contributed by atoms with Crippen LogP contribution in [-0.2, 0) is 22.7 Å². The number of nitriles is 1. The zero-order valence-electron chi connectivity index (χ0n) is 16.7. The monoisotopic (exact) mass is 379 g/mol. The molecule has 1 heterocycles. The summed E-state index contributed by atoms with van der Waals surface area (Å²) in [5.41, 5.74) is 9.14. The minimum Gasteiger partial charge on any atom is -0.457 e. The lowest BCUT2D eigenvalue weighted by Gasteiger charge is -2.12. The lowest BCUT2D eigenvalue weighted by molar-refractivity contribution is -0.139. The first-order valence-electron chi connectivity index (χ1n) is 9.07. The molecule has 146 valence electrons. The van der Waals surface area contributed by atoms with Gasteiger partial charge in [-0.25, -0.2) is 4.79 Å². The van der Waals surface area contributed by atoms with E-state index in [4.69, 9.17) is 10.5 Å². The van der Waals surface area contributed by atoms with E-state index < -0.39 is 11.9 Å². The van der Waals surface area contributed by atoms with Crippen LogP contribution in [0.1, 0.15) is 46.7 Å². The van der Waals surface area contributed by atoms with E-state index >= 15 is 0 Å². The molecule has 1 aromatic heterocycles. The molecule has 0 bridgehead atoms. The highest BCUT2D eigenvalue weighted by molar-refractivity contribution is 5.98. The molecule has 6 nitrogen and oxygen atoms in total. The summed E-state index contributed by atoms with van der Waals surface area (Å²) in [5.74, 6) is -0.716. The number of carbonyl (C=O) groups is 2. The molecule has 2 N–H and O–H groups in total. The van der Waals surface area contributed by atoms with Crippen LogP contribution in [0.4, 0.5) is 0 Å². The number of ether oxygens (including phenoxy) is 1. The van der Waals surface area contributed by atoms with E-state index in [0.717, 1.165) is 23.5 Å². The molecule has 0 radical (unpaired) electrons. The van der Waals surface area contributed by atoms with Crippen LogP contribution in [0, 0.1) is 31.1 Å². The Morgan fingerprint density at radius 1 is 1.25 bits per heavy atom. The van der Waals surface area contributed by atoms with Crippen molar-refractivity contribution in [1.29, 1.82) is 5.26 Å². The molecular formula is C22H25N3O3. The number of aromatic nitrogens is 1. The van der Waals surface area contributed by atoms with Gasteiger partial charge in [0.1, 0.15) is 18.2 Å². The first-order chi connectivity index (χ1) is 13.2. The van der Waals surface area contributed by atoms with Crippen molar-refractivity contribution in [3.8, 4) is 6.07 Å². The van der Waals surface area contributed by atoms with Crippen molar-refractivity contribution in [2.45, 2.75) is 40.8 Å². The maximum atomic E-state index is 12.3. The minimum absolute atomic E-state index is 0.00324. The lowest BCUT2D eigenvalue weighted by atomic mass is 10.1. The van der Waals surface area contributed by atoms with Gasteiger partial charge < -0.3 is 15.0 Å². The van der Waals surface area contributed by atoms with Crippen molar-refractivity contribution < 1.29 is 14.3 Å². The maximum absolute atomic E-state index is 12.3. The maximum Gasteiger partial charge on any atom is 0.349 e. The fourth-order valence-electron chi connectivity index (χ4n) is 2.90. The fourth-order valence-corrected chi connectivity index (χ4v) is 2.90. The predicted octanol–water partition coefficient (Wildman–Crippen LogP) is 3.51. The van der Waals surface area contributed by atoms with Crippen LogP contribution in [0.25, 0.3) is 6.08 Å². The molecule has 1 aromatic carbocycles. The molecule has 0 aliphatic rings. The first kappa shape index (κ1) is 21.0. The van der Waals surface area contributed by atoms with E-state index in [1.165, 1.54) is 0 Å². The largest absolute Gasteiger partial charge is 0.457 e. The third kappa shape index (κ3) is 5.10. The quantitative estimate of drug-likeness (QED) is 0.452. The third-order valence-corrected chi connectivity index (χ3v) is 4.41. The van der Waals surface area contributed by atoms with Gasteiger partial charge in [-0.15, -0.1) is 0 Å². The van der Waals surface area contributed by atoms with Gasteiger partial charge in [0.05, 0.1) is 0 Å². The number of benzene rings is 1. The average molecular weight is 379 g/mol. The molecule has 0 saturated carbocycles. The van der Waals surface area contributed by atoms with Crippen LogP contribution >= 0.6 is 0 Å². The Bertz CT molecular complexity index is 945. The molecule has 6 heteroatoms. The summed E-state index contributed by atoms with van der Waals surface area (Å²) >= 11 is 0. The molecule has 0 aliphatic heterocycles. The number of esters is 1. The second-order valence-corrected chi connectivity index (χ2v) is 7.14. The van der Waals surface area contributed by atoms with Gasteiger partial charge in [-0.3, -0.25) is 4.79 Å². The fraction of sp³-hybridized carbons (Fsp3) is 0.318. The Morgan fingerprint density at radius 3 is 2.43 bits per heavy atom. The molecule has 0 saturated heterocycles. The van der Waals surface area contributed by atoms with E-state index in [9.17, 15) is 14.9 Å². The van der Waals surface area contributed by atoms with Crippen molar-refractivity contribution in [2.24, 2.45) is 11.7 Å². The molecule has 0 fully saturated rings. The zero-order chi connectivity index (χ0) is 20.8. The Morgan fingerprint density at radius 2 is 1.89 bits per heavy atom. The smallest absolute Gasteiger partial charge is 0.349 e. The van der Waals surface area contributed by atoms with Crippen molar-refractivity contribution in [1.82, 2.24) is 4.57 Å². The Labute approximate surface area is 165 Å². The number of nitrogens with two attached hydrogens (primary N) is 1. The molecule has 1 amide bonds. The van der Waals surface area contributed by atoms with Gasteiger partial charge in [0, 0.05) is 23.5 Å². The summed E-state index contributed by atoms with van der Waals surface area (Å²) in [7, 11) is 0. The second kappa shape index (κ2) is 9.05.